The molecule has 180 valence electrons. The second kappa shape index (κ2) is 13.1. The van der Waals surface area contributed by atoms with Gasteiger partial charge in [-0.2, -0.15) is 0 Å². The van der Waals surface area contributed by atoms with Gasteiger partial charge in [0.2, 0.25) is 11.8 Å². The Labute approximate surface area is 195 Å². The van der Waals surface area contributed by atoms with Crippen LogP contribution in [0, 0.1) is 11.8 Å². The molecule has 2 aliphatic rings. The standard InChI is InChI=1S/C25H35N3O5/c29-23(9-8-19-10-12-26-13-11-19)28-14-4-7-21(16-28)25(32)27-22(15-24(30)31)18-33-17-20-5-2-1-3-6-20/h1-3,5-6,8-9,19,21-22,26H,4,7,10-18H2,(H,27,32)(H,30,31)/b9-8+/t21-,22+/m1/s1. The van der Waals surface area contributed by atoms with Crippen molar-refractivity contribution in [2.75, 3.05) is 32.8 Å². The second-order valence-electron chi connectivity index (χ2n) is 8.87. The van der Waals surface area contributed by atoms with E-state index in [0.717, 1.165) is 37.9 Å². The summed E-state index contributed by atoms with van der Waals surface area (Å²) in [5.41, 5.74) is 0.983. The van der Waals surface area contributed by atoms with Gasteiger partial charge in [-0.25, -0.2) is 0 Å². The zero-order chi connectivity index (χ0) is 23.5. The second-order valence-corrected chi connectivity index (χ2v) is 8.87. The lowest BCUT2D eigenvalue weighted by molar-refractivity contribution is -0.138. The number of carbonyl (C=O) groups is 3. The number of piperidine rings is 2. The van der Waals surface area contributed by atoms with Gasteiger partial charge in [-0.3, -0.25) is 14.4 Å². The van der Waals surface area contributed by atoms with Crippen LogP contribution in [0.5, 0.6) is 0 Å². The van der Waals surface area contributed by atoms with Crippen LogP contribution in [-0.4, -0.2) is 66.6 Å². The van der Waals surface area contributed by atoms with Crippen molar-refractivity contribution < 1.29 is 24.2 Å². The number of allylic oxidation sites excluding steroid dienone is 1. The van der Waals surface area contributed by atoms with Gasteiger partial charge in [-0.05, 0) is 56.3 Å². The van der Waals surface area contributed by atoms with E-state index in [9.17, 15) is 19.5 Å². The summed E-state index contributed by atoms with van der Waals surface area (Å²) in [6.45, 7) is 3.40. The summed E-state index contributed by atoms with van der Waals surface area (Å²) in [7, 11) is 0. The molecule has 3 N–H and O–H groups in total. The van der Waals surface area contributed by atoms with Crippen molar-refractivity contribution in [2.45, 2.75) is 44.8 Å². The maximum atomic E-state index is 12.9. The quantitative estimate of drug-likeness (QED) is 0.464. The molecular formula is C25H35N3O5. The number of hydrogen-bond donors (Lipinski definition) is 3. The highest BCUT2D eigenvalue weighted by molar-refractivity contribution is 5.88. The van der Waals surface area contributed by atoms with Crippen molar-refractivity contribution in [3.05, 3.63) is 48.0 Å². The third-order valence-electron chi connectivity index (χ3n) is 6.20. The Morgan fingerprint density at radius 1 is 1.18 bits per heavy atom. The SMILES string of the molecule is O=C(O)C[C@@H](COCc1ccccc1)NC(=O)[C@@H]1CCCN(C(=O)/C=C/C2CCNCC2)C1. The van der Waals surface area contributed by atoms with Crippen LogP contribution in [0.15, 0.2) is 42.5 Å². The van der Waals surface area contributed by atoms with Crippen molar-refractivity contribution >= 4 is 17.8 Å². The van der Waals surface area contributed by atoms with Crippen molar-refractivity contribution in [3.63, 3.8) is 0 Å². The first-order valence-electron chi connectivity index (χ1n) is 11.8. The van der Waals surface area contributed by atoms with E-state index in [4.69, 9.17) is 4.74 Å². The third kappa shape index (κ3) is 8.63. The first-order chi connectivity index (χ1) is 16.0. The topological polar surface area (TPSA) is 108 Å². The Morgan fingerprint density at radius 2 is 1.94 bits per heavy atom. The van der Waals surface area contributed by atoms with Crippen LogP contribution in [0.25, 0.3) is 0 Å². The molecule has 0 aromatic heterocycles. The lowest BCUT2D eigenvalue weighted by atomic mass is 9.95. The molecule has 0 spiro atoms. The van der Waals surface area contributed by atoms with Crippen LogP contribution in [-0.2, 0) is 25.7 Å². The van der Waals surface area contributed by atoms with Gasteiger partial charge in [0.05, 0.1) is 31.6 Å². The van der Waals surface area contributed by atoms with Crippen LogP contribution >= 0.6 is 0 Å². The Bertz CT molecular complexity index is 808. The van der Waals surface area contributed by atoms with Gasteiger partial charge in [0, 0.05) is 13.1 Å². The molecule has 0 unspecified atom stereocenters. The number of carbonyl (C=O) groups excluding carboxylic acids is 2. The van der Waals surface area contributed by atoms with Gasteiger partial charge in [0.1, 0.15) is 0 Å². The Morgan fingerprint density at radius 3 is 2.67 bits per heavy atom. The summed E-state index contributed by atoms with van der Waals surface area (Å²) in [6.07, 6.45) is 6.94. The van der Waals surface area contributed by atoms with Crippen LogP contribution < -0.4 is 10.6 Å². The molecule has 2 saturated heterocycles. The summed E-state index contributed by atoms with van der Waals surface area (Å²) in [5.74, 6) is -1.19. The molecule has 2 aliphatic heterocycles. The maximum Gasteiger partial charge on any atom is 0.305 e. The van der Waals surface area contributed by atoms with E-state index >= 15 is 0 Å². The number of amides is 2. The van der Waals surface area contributed by atoms with Crippen LogP contribution in [0.1, 0.15) is 37.7 Å². The number of aliphatic carboxylic acids is 1. The van der Waals surface area contributed by atoms with Gasteiger partial charge in [-0.15, -0.1) is 0 Å². The molecule has 1 aromatic rings. The Kier molecular flexibility index (Phi) is 9.90. The molecule has 2 fully saturated rings. The fourth-order valence-electron chi connectivity index (χ4n) is 4.33. The van der Waals surface area contributed by atoms with E-state index < -0.39 is 12.0 Å². The smallest absolute Gasteiger partial charge is 0.305 e. The molecule has 2 atom stereocenters. The molecular weight excluding hydrogens is 422 g/mol. The highest BCUT2D eigenvalue weighted by Gasteiger charge is 2.29. The number of carboxylic acid groups (broad SMARTS) is 1. The molecule has 2 heterocycles. The van der Waals surface area contributed by atoms with Gasteiger partial charge in [0.15, 0.2) is 0 Å². The first kappa shape index (κ1) is 24.9. The number of nitrogens with one attached hydrogen (secondary N) is 2. The highest BCUT2D eigenvalue weighted by atomic mass is 16.5. The third-order valence-corrected chi connectivity index (χ3v) is 6.20. The normalized spacial score (nSPS) is 20.5. The molecule has 3 rings (SSSR count). The van der Waals surface area contributed by atoms with E-state index in [-0.39, 0.29) is 30.8 Å². The number of likely N-dealkylation sites (tertiary alicyclic amines) is 1. The van der Waals surface area contributed by atoms with E-state index in [2.05, 4.69) is 10.6 Å². The number of ether oxygens (including phenoxy) is 1. The number of carboxylic acids is 1. The average Bonchev–Trinajstić information content (AvgIpc) is 2.83. The molecule has 8 heteroatoms. The van der Waals surface area contributed by atoms with E-state index in [1.54, 1.807) is 11.0 Å². The van der Waals surface area contributed by atoms with Gasteiger partial charge in [0.25, 0.3) is 0 Å². The molecule has 0 radical (unpaired) electrons. The van der Waals surface area contributed by atoms with Gasteiger partial charge < -0.3 is 25.4 Å². The van der Waals surface area contributed by atoms with E-state index in [1.165, 1.54) is 0 Å². The Balaban J connectivity index is 1.48. The van der Waals surface area contributed by atoms with Crippen molar-refractivity contribution in [3.8, 4) is 0 Å². The largest absolute Gasteiger partial charge is 0.481 e. The molecule has 0 bridgehead atoms. The summed E-state index contributed by atoms with van der Waals surface area (Å²) in [6, 6.07) is 8.97. The van der Waals surface area contributed by atoms with Gasteiger partial charge in [-0.1, -0.05) is 36.4 Å². The fourth-order valence-corrected chi connectivity index (χ4v) is 4.33. The fraction of sp³-hybridized carbons (Fsp3) is 0.560. The molecule has 8 nitrogen and oxygen atoms in total. The lowest BCUT2D eigenvalue weighted by Gasteiger charge is -2.32. The Hall–Kier alpha value is -2.71. The monoisotopic (exact) mass is 457 g/mol. The van der Waals surface area contributed by atoms with Crippen LogP contribution in [0.4, 0.5) is 0 Å². The zero-order valence-corrected chi connectivity index (χ0v) is 19.1. The van der Waals surface area contributed by atoms with Gasteiger partial charge >= 0.3 is 5.97 Å². The number of rotatable bonds is 10. The number of benzene rings is 1. The maximum absolute atomic E-state index is 12.9. The molecule has 0 saturated carbocycles. The van der Waals surface area contributed by atoms with Crippen LogP contribution in [0.3, 0.4) is 0 Å². The summed E-state index contributed by atoms with van der Waals surface area (Å²) in [4.78, 5) is 38.5. The van der Waals surface area contributed by atoms with Crippen molar-refractivity contribution in [2.24, 2.45) is 11.8 Å². The summed E-state index contributed by atoms with van der Waals surface area (Å²) >= 11 is 0. The molecule has 33 heavy (non-hydrogen) atoms. The van der Waals surface area contributed by atoms with Crippen LogP contribution in [0.2, 0.25) is 0 Å². The van der Waals surface area contributed by atoms with Crippen molar-refractivity contribution in [1.82, 2.24) is 15.5 Å². The molecule has 0 aliphatic carbocycles. The average molecular weight is 458 g/mol. The molecule has 2 amide bonds. The predicted molar refractivity (Wildman–Crippen MR) is 124 cm³/mol. The summed E-state index contributed by atoms with van der Waals surface area (Å²) < 4.78 is 5.66. The minimum Gasteiger partial charge on any atom is -0.481 e. The highest BCUT2D eigenvalue weighted by Crippen LogP contribution is 2.19. The summed E-state index contributed by atoms with van der Waals surface area (Å²) in [5, 5.41) is 15.4. The number of hydrogen-bond acceptors (Lipinski definition) is 5. The number of nitrogens with zero attached hydrogens (tertiary/aromatic N) is 1. The minimum absolute atomic E-state index is 0.0562. The van der Waals surface area contributed by atoms with Crippen molar-refractivity contribution in [1.29, 1.82) is 0 Å². The molecule has 1 aromatic carbocycles. The predicted octanol–water partition coefficient (Wildman–Crippen LogP) is 1.96. The zero-order valence-electron chi connectivity index (χ0n) is 19.1. The first-order valence-corrected chi connectivity index (χ1v) is 11.8. The van der Waals surface area contributed by atoms with E-state index in [0.29, 0.717) is 32.0 Å². The van der Waals surface area contributed by atoms with E-state index in [1.807, 2.05) is 36.4 Å². The minimum atomic E-state index is -0.993. The lowest BCUT2D eigenvalue weighted by Crippen LogP contribution is -2.48.